The van der Waals surface area contributed by atoms with E-state index in [1.165, 1.54) is 62.3 Å². The van der Waals surface area contributed by atoms with E-state index >= 15 is 0 Å². The number of fused-ring (bicyclic) bond motifs is 2. The fourth-order valence-corrected chi connectivity index (χ4v) is 12.7. The van der Waals surface area contributed by atoms with Gasteiger partial charge in [-0.15, -0.1) is 22.7 Å². The molecule has 6 aliphatic heterocycles. The van der Waals surface area contributed by atoms with Crippen molar-refractivity contribution in [2.45, 2.75) is 86.6 Å². The first-order chi connectivity index (χ1) is 26.6. The molecule has 2 saturated heterocycles. The number of hydrogen-bond acceptors (Lipinski definition) is 14. The van der Waals surface area contributed by atoms with E-state index in [2.05, 4.69) is 34.4 Å². The summed E-state index contributed by atoms with van der Waals surface area (Å²) in [6.45, 7) is 12.6. The maximum Gasteiger partial charge on any atom is 0.353 e. The summed E-state index contributed by atoms with van der Waals surface area (Å²) < 4.78 is 1.47. The van der Waals surface area contributed by atoms with Crippen molar-refractivity contribution in [1.82, 2.24) is 30.0 Å². The Hall–Kier alpha value is -3.85. The maximum atomic E-state index is 12.4. The van der Waals surface area contributed by atoms with Gasteiger partial charge in [-0.05, 0) is 38.8 Å². The second kappa shape index (κ2) is 15.5. The Kier molecular flexibility index (Phi) is 11.2. The van der Waals surface area contributed by atoms with Gasteiger partial charge >= 0.3 is 11.9 Å². The largest absolute Gasteiger partial charge is 0.477 e. The SMILES string of the molecule is C[C@@H](O)[C@H]1C(=O)N2C(C(=O)O)=C(Sc3nc(C4=CCN(C=N)[C@H]4C)cs3)[C@H](C)[C@H]12.C[C@@H]1NCC=C1c1csc(SC2=C(C(=O)O)N3C(=O)[C@H]([C@@H](C)O)[C@H]3[C@H]2C)n1. The third-order valence-corrected chi connectivity index (χ3v) is 15.9. The molecule has 0 bridgehead atoms. The van der Waals surface area contributed by atoms with Crippen molar-refractivity contribution < 1.29 is 39.6 Å². The van der Waals surface area contributed by atoms with Crippen LogP contribution in [0.3, 0.4) is 0 Å². The normalized spacial score (nSPS) is 30.3. The van der Waals surface area contributed by atoms with E-state index in [4.69, 9.17) is 5.41 Å². The number of rotatable bonds is 11. The van der Waals surface area contributed by atoms with Gasteiger partial charge in [-0.3, -0.25) is 15.0 Å². The fraction of sp³-hybridized carbons (Fsp3) is 0.486. The van der Waals surface area contributed by atoms with Gasteiger partial charge in [0.2, 0.25) is 11.8 Å². The molecule has 0 unspecified atom stereocenters. The fourth-order valence-electron chi connectivity index (χ4n) is 8.53. The highest BCUT2D eigenvalue weighted by Crippen LogP contribution is 2.54. The smallest absolute Gasteiger partial charge is 0.353 e. The Morgan fingerprint density at radius 2 is 1.30 bits per heavy atom. The molecule has 56 heavy (non-hydrogen) atoms. The molecule has 2 fully saturated rings. The number of nitrogens with one attached hydrogen (secondary N) is 2. The van der Waals surface area contributed by atoms with Crippen LogP contribution in [0.15, 0.2) is 52.8 Å². The van der Waals surface area contributed by atoms with Crippen molar-refractivity contribution in [1.29, 1.82) is 5.41 Å². The molecule has 8 heterocycles. The number of thioether (sulfide) groups is 2. The molecule has 2 aromatic heterocycles. The number of carboxylic acids is 2. The van der Waals surface area contributed by atoms with Crippen molar-refractivity contribution in [2.75, 3.05) is 13.1 Å². The number of aliphatic hydroxyl groups is 2. The summed E-state index contributed by atoms with van der Waals surface area (Å²) in [5, 5.41) is 54.0. The van der Waals surface area contributed by atoms with Crippen LogP contribution in [0.2, 0.25) is 0 Å². The summed E-state index contributed by atoms with van der Waals surface area (Å²) in [4.78, 5) is 63.7. The van der Waals surface area contributed by atoms with Gasteiger partial charge in [0.05, 0.1) is 59.9 Å². The van der Waals surface area contributed by atoms with Crippen LogP contribution in [0.4, 0.5) is 0 Å². The molecule has 10 atom stereocenters. The number of aliphatic carboxylic acids is 2. The van der Waals surface area contributed by atoms with Crippen molar-refractivity contribution in [3.05, 3.63) is 55.5 Å². The summed E-state index contributed by atoms with van der Waals surface area (Å²) in [6, 6.07) is -0.310. The van der Waals surface area contributed by atoms with Crippen LogP contribution in [-0.4, -0.2) is 125 Å². The number of carbonyl (C=O) groups is 4. The van der Waals surface area contributed by atoms with Gasteiger partial charge < -0.3 is 40.4 Å². The van der Waals surface area contributed by atoms with Gasteiger partial charge in [0.15, 0.2) is 8.68 Å². The van der Waals surface area contributed by atoms with E-state index in [-0.39, 0.29) is 59.2 Å². The number of β-lactam (4-membered cyclic amide) rings is 2. The first kappa shape index (κ1) is 40.4. The highest BCUT2D eigenvalue weighted by molar-refractivity contribution is 8.05. The molecule has 6 aliphatic rings. The number of hydrogen-bond donors (Lipinski definition) is 6. The van der Waals surface area contributed by atoms with Gasteiger partial charge in [0.1, 0.15) is 11.4 Å². The number of nitrogens with zero attached hydrogens (tertiary/aromatic N) is 5. The molecular weight excluding hydrogens is 799 g/mol. The third-order valence-electron chi connectivity index (χ3n) is 11.4. The van der Waals surface area contributed by atoms with E-state index < -0.39 is 36.0 Å². The summed E-state index contributed by atoms with van der Waals surface area (Å²) in [7, 11) is 0. The number of aliphatic hydroxyl groups excluding tert-OH is 2. The molecule has 15 nitrogen and oxygen atoms in total. The van der Waals surface area contributed by atoms with Gasteiger partial charge in [0.25, 0.3) is 0 Å². The number of thiazole rings is 2. The quantitative estimate of drug-likeness (QED) is 0.108. The van der Waals surface area contributed by atoms with Crippen LogP contribution in [0, 0.1) is 29.1 Å². The molecular formula is C37H43N7O8S4. The zero-order valence-electron chi connectivity index (χ0n) is 31.4. The highest BCUT2D eigenvalue weighted by Gasteiger charge is 2.61. The van der Waals surface area contributed by atoms with E-state index in [1.807, 2.05) is 36.4 Å². The molecule has 2 amide bonds. The Labute approximate surface area is 339 Å². The number of carbonyl (C=O) groups excluding carboxylic acids is 2. The lowest BCUT2D eigenvalue weighted by Crippen LogP contribution is -2.63. The molecule has 8 rings (SSSR count). The van der Waals surface area contributed by atoms with Crippen LogP contribution < -0.4 is 5.32 Å². The van der Waals surface area contributed by atoms with Crippen molar-refractivity contribution in [2.24, 2.45) is 23.7 Å². The predicted octanol–water partition coefficient (Wildman–Crippen LogP) is 3.85. The Morgan fingerprint density at radius 1 is 0.839 bits per heavy atom. The van der Waals surface area contributed by atoms with Crippen LogP contribution >= 0.6 is 46.2 Å². The lowest BCUT2D eigenvalue weighted by molar-refractivity contribution is -0.163. The zero-order chi connectivity index (χ0) is 40.5. The average Bonchev–Trinajstić information content (AvgIpc) is 3.98. The van der Waals surface area contributed by atoms with Crippen LogP contribution in [-0.2, 0) is 19.2 Å². The average molecular weight is 842 g/mol. The molecule has 0 aliphatic carbocycles. The minimum Gasteiger partial charge on any atom is -0.477 e. The zero-order valence-corrected chi connectivity index (χ0v) is 34.6. The summed E-state index contributed by atoms with van der Waals surface area (Å²) in [6.07, 6.45) is 3.88. The lowest BCUT2D eigenvalue weighted by Gasteiger charge is -2.46. The summed E-state index contributed by atoms with van der Waals surface area (Å²) in [5.41, 5.74) is 3.98. The van der Waals surface area contributed by atoms with Crippen LogP contribution in [0.5, 0.6) is 0 Å². The van der Waals surface area contributed by atoms with E-state index in [1.54, 1.807) is 13.8 Å². The van der Waals surface area contributed by atoms with Crippen LogP contribution in [0.25, 0.3) is 11.1 Å². The van der Waals surface area contributed by atoms with E-state index in [0.717, 1.165) is 33.4 Å². The monoisotopic (exact) mass is 841 g/mol. The highest BCUT2D eigenvalue weighted by atomic mass is 32.2. The number of carboxylic acid groups (broad SMARTS) is 2. The molecule has 19 heteroatoms. The molecule has 6 N–H and O–H groups in total. The number of amides is 2. The Morgan fingerprint density at radius 3 is 1.68 bits per heavy atom. The van der Waals surface area contributed by atoms with Gasteiger partial charge in [-0.1, -0.05) is 49.5 Å². The third kappa shape index (κ3) is 6.63. The topological polar surface area (TPSA) is 221 Å². The van der Waals surface area contributed by atoms with Gasteiger partial charge in [-0.2, -0.15) is 0 Å². The Bertz CT molecular complexity index is 2120. The molecule has 0 radical (unpaired) electrons. The summed E-state index contributed by atoms with van der Waals surface area (Å²) in [5.74, 6) is -4.35. The molecule has 0 spiro atoms. The lowest BCUT2D eigenvalue weighted by atomic mass is 9.79. The van der Waals surface area contributed by atoms with Gasteiger partial charge in [-0.25, -0.2) is 19.6 Å². The minimum absolute atomic E-state index is 0.00887. The molecule has 0 aromatic carbocycles. The van der Waals surface area contributed by atoms with Crippen molar-refractivity contribution in [3.8, 4) is 0 Å². The van der Waals surface area contributed by atoms with Gasteiger partial charge in [0, 0.05) is 51.5 Å². The van der Waals surface area contributed by atoms with E-state index in [9.17, 15) is 39.6 Å². The van der Waals surface area contributed by atoms with Crippen molar-refractivity contribution in [3.63, 3.8) is 0 Å². The number of aromatic nitrogens is 2. The second-order valence-electron chi connectivity index (χ2n) is 14.7. The van der Waals surface area contributed by atoms with Crippen molar-refractivity contribution >= 4 is 87.4 Å². The van der Waals surface area contributed by atoms with Crippen LogP contribution in [0.1, 0.15) is 52.9 Å². The second-order valence-corrected chi connectivity index (χ2v) is 19.0. The standard InChI is InChI=1S/C19H22N4O4S2.C18H21N3O4S2/c1-8-14-13(10(3)24)17(25)23(14)15(18(26)27)16(8)29-19-21-12(6-28-19)11-4-5-22(7-20)9(11)2;1-7-13-12(9(3)22)16(23)21(13)14(17(24)25)15(7)27-18-20-11(6-26-18)10-4-5-19-8(10)2/h4,6-10,13-14,20,24H,5H2,1-3H3,(H,26,27);4,6-9,12-13,19,22H,5H2,1-3H3,(H,24,25)/t8-,9+,10-,13-,14-;7-,8+,9-,12-,13-/m11/s1. The maximum absolute atomic E-state index is 12.4. The van der Waals surface area contributed by atoms with E-state index in [0.29, 0.717) is 20.7 Å². The molecule has 298 valence electrons. The first-order valence-corrected chi connectivity index (χ1v) is 21.6. The predicted molar refractivity (Wildman–Crippen MR) is 214 cm³/mol. The first-order valence-electron chi connectivity index (χ1n) is 18.2. The Balaban J connectivity index is 0.000000172. The minimum atomic E-state index is -1.13. The summed E-state index contributed by atoms with van der Waals surface area (Å²) >= 11 is 5.53. The molecule has 2 aromatic rings. The molecule has 0 saturated carbocycles.